The van der Waals surface area contributed by atoms with E-state index in [0.717, 1.165) is 0 Å². The fourth-order valence-electron chi connectivity index (χ4n) is 0.689. The lowest BCUT2D eigenvalue weighted by Gasteiger charge is -2.19. The van der Waals surface area contributed by atoms with Crippen molar-refractivity contribution >= 4 is 17.7 Å². The Morgan fingerprint density at radius 2 is 2.50 bits per heavy atom. The number of hydrogen-bond acceptors (Lipinski definition) is 3. The summed E-state index contributed by atoms with van der Waals surface area (Å²) in [6.07, 6.45) is 1.94. The van der Waals surface area contributed by atoms with Crippen molar-refractivity contribution in [3.05, 3.63) is 11.6 Å². The van der Waals surface area contributed by atoms with Crippen LogP contribution in [-0.4, -0.2) is 23.4 Å². The highest BCUT2D eigenvalue weighted by atomic mass is 32.2. The highest BCUT2D eigenvalue weighted by Gasteiger charge is 2.15. The van der Waals surface area contributed by atoms with Gasteiger partial charge in [0.1, 0.15) is 0 Å². The minimum atomic E-state index is 0.00745. The molecule has 0 saturated heterocycles. The predicted molar refractivity (Wildman–Crippen MR) is 42.1 cm³/mol. The van der Waals surface area contributed by atoms with Gasteiger partial charge in [0.15, 0.2) is 5.50 Å². The van der Waals surface area contributed by atoms with Gasteiger partial charge in [-0.15, -0.1) is 0 Å². The molecule has 1 heterocycles. The van der Waals surface area contributed by atoms with Crippen molar-refractivity contribution in [1.29, 1.82) is 0 Å². The van der Waals surface area contributed by atoms with Gasteiger partial charge in [0.2, 0.25) is 5.91 Å². The zero-order valence-corrected chi connectivity index (χ0v) is 6.81. The fraction of sp³-hybridized carbons (Fsp3) is 0.500. The minimum absolute atomic E-state index is 0.00745. The van der Waals surface area contributed by atoms with Crippen LogP contribution in [0.2, 0.25) is 0 Å². The standard InChI is InChI=1S/C6H10N2OS/c1-5(9)7-6-8(2)3-4-10-6/h3-4,6H,1-2H3,(H,7,9)/t6-/m1/s1. The molecule has 0 aromatic carbocycles. The van der Waals surface area contributed by atoms with Crippen molar-refractivity contribution in [2.45, 2.75) is 12.4 Å². The Morgan fingerprint density at radius 3 is 2.90 bits per heavy atom. The molecule has 1 aliphatic rings. The van der Waals surface area contributed by atoms with E-state index in [1.807, 2.05) is 23.6 Å². The highest BCUT2D eigenvalue weighted by Crippen LogP contribution is 2.20. The first kappa shape index (κ1) is 7.47. The van der Waals surface area contributed by atoms with Crippen LogP contribution in [0.1, 0.15) is 6.92 Å². The number of nitrogens with zero attached hydrogens (tertiary/aromatic N) is 1. The molecule has 0 radical (unpaired) electrons. The van der Waals surface area contributed by atoms with Gasteiger partial charge in [-0.2, -0.15) is 0 Å². The van der Waals surface area contributed by atoms with Crippen LogP contribution < -0.4 is 5.32 Å². The molecular weight excluding hydrogens is 148 g/mol. The summed E-state index contributed by atoms with van der Waals surface area (Å²) in [6, 6.07) is 0. The van der Waals surface area contributed by atoms with E-state index >= 15 is 0 Å². The molecule has 0 aliphatic carbocycles. The Labute approximate surface area is 64.5 Å². The maximum absolute atomic E-state index is 10.6. The monoisotopic (exact) mass is 158 g/mol. The second-order valence-corrected chi connectivity index (χ2v) is 3.13. The lowest BCUT2D eigenvalue weighted by Crippen LogP contribution is -2.38. The van der Waals surface area contributed by atoms with Crippen LogP contribution in [0.3, 0.4) is 0 Å². The molecule has 1 N–H and O–H groups in total. The zero-order chi connectivity index (χ0) is 7.56. The number of thioether (sulfide) groups is 1. The van der Waals surface area contributed by atoms with Gasteiger partial charge >= 0.3 is 0 Å². The third kappa shape index (κ3) is 1.67. The molecule has 56 valence electrons. The van der Waals surface area contributed by atoms with Crippen LogP contribution in [-0.2, 0) is 4.79 Å². The van der Waals surface area contributed by atoms with Gasteiger partial charge in [0, 0.05) is 20.2 Å². The highest BCUT2D eigenvalue weighted by molar-refractivity contribution is 8.02. The molecule has 1 amide bonds. The SMILES string of the molecule is CC(=O)N[C@H]1SC=CN1C. The topological polar surface area (TPSA) is 32.3 Å². The van der Waals surface area contributed by atoms with E-state index in [0.29, 0.717) is 0 Å². The molecule has 0 bridgehead atoms. The summed E-state index contributed by atoms with van der Waals surface area (Å²) in [4.78, 5) is 12.5. The molecular formula is C6H10N2OS. The van der Waals surface area contributed by atoms with Crippen LogP contribution in [0.5, 0.6) is 0 Å². The van der Waals surface area contributed by atoms with E-state index in [4.69, 9.17) is 0 Å². The van der Waals surface area contributed by atoms with Crippen LogP contribution >= 0.6 is 11.8 Å². The van der Waals surface area contributed by atoms with Crippen molar-refractivity contribution < 1.29 is 4.79 Å². The molecule has 10 heavy (non-hydrogen) atoms. The smallest absolute Gasteiger partial charge is 0.219 e. The lowest BCUT2D eigenvalue weighted by molar-refractivity contribution is -0.119. The van der Waals surface area contributed by atoms with Crippen LogP contribution in [0.25, 0.3) is 0 Å². The molecule has 0 saturated carbocycles. The molecule has 0 fully saturated rings. The Hall–Kier alpha value is -0.640. The van der Waals surface area contributed by atoms with E-state index in [-0.39, 0.29) is 11.4 Å². The van der Waals surface area contributed by atoms with Gasteiger partial charge in [-0.1, -0.05) is 11.8 Å². The number of rotatable bonds is 1. The average Bonchev–Trinajstić information content (AvgIpc) is 2.15. The number of carbonyl (C=O) groups is 1. The van der Waals surface area contributed by atoms with Gasteiger partial charge in [-0.05, 0) is 5.41 Å². The maximum atomic E-state index is 10.6. The Bertz CT molecular complexity index is 169. The van der Waals surface area contributed by atoms with Gasteiger partial charge in [0.05, 0.1) is 0 Å². The third-order valence-electron chi connectivity index (χ3n) is 1.20. The molecule has 0 aromatic heterocycles. The fourth-order valence-corrected chi connectivity index (χ4v) is 1.60. The maximum Gasteiger partial charge on any atom is 0.219 e. The number of amides is 1. The molecule has 1 aliphatic heterocycles. The third-order valence-corrected chi connectivity index (χ3v) is 2.19. The molecule has 0 aromatic rings. The van der Waals surface area contributed by atoms with Crippen molar-refractivity contribution in [2.24, 2.45) is 0 Å². The van der Waals surface area contributed by atoms with E-state index in [9.17, 15) is 4.79 Å². The Morgan fingerprint density at radius 1 is 1.80 bits per heavy atom. The van der Waals surface area contributed by atoms with Gasteiger partial charge < -0.3 is 10.2 Å². The normalized spacial score (nSPS) is 23.4. The van der Waals surface area contributed by atoms with E-state index < -0.39 is 0 Å². The van der Waals surface area contributed by atoms with Gasteiger partial charge in [-0.25, -0.2) is 0 Å². The molecule has 1 rings (SSSR count). The van der Waals surface area contributed by atoms with Crippen molar-refractivity contribution in [2.75, 3.05) is 7.05 Å². The summed E-state index contributed by atoms with van der Waals surface area (Å²) in [7, 11) is 1.93. The Balaban J connectivity index is 2.37. The van der Waals surface area contributed by atoms with E-state index in [1.165, 1.54) is 6.92 Å². The number of hydrogen-bond donors (Lipinski definition) is 1. The van der Waals surface area contributed by atoms with E-state index in [2.05, 4.69) is 5.32 Å². The summed E-state index contributed by atoms with van der Waals surface area (Å²) in [5.74, 6) is 0.00745. The summed E-state index contributed by atoms with van der Waals surface area (Å²) in [5, 5.41) is 4.74. The molecule has 0 unspecified atom stereocenters. The largest absolute Gasteiger partial charge is 0.351 e. The number of carbonyl (C=O) groups excluding carboxylic acids is 1. The molecule has 3 nitrogen and oxygen atoms in total. The summed E-state index contributed by atoms with van der Waals surface area (Å²) in [5.41, 5.74) is 0.0949. The van der Waals surface area contributed by atoms with Crippen LogP contribution in [0, 0.1) is 0 Å². The first-order valence-electron chi connectivity index (χ1n) is 3.01. The molecule has 0 spiro atoms. The van der Waals surface area contributed by atoms with Crippen molar-refractivity contribution in [3.63, 3.8) is 0 Å². The quantitative estimate of drug-likeness (QED) is 0.605. The first-order valence-corrected chi connectivity index (χ1v) is 3.95. The predicted octanol–water partition coefficient (Wildman–Crippen LogP) is 0.556. The average molecular weight is 158 g/mol. The van der Waals surface area contributed by atoms with Crippen LogP contribution in [0.4, 0.5) is 0 Å². The second-order valence-electron chi connectivity index (χ2n) is 2.14. The minimum Gasteiger partial charge on any atom is -0.351 e. The summed E-state index contributed by atoms with van der Waals surface area (Å²) < 4.78 is 0. The number of nitrogens with one attached hydrogen (secondary N) is 1. The summed E-state index contributed by atoms with van der Waals surface area (Å²) in [6.45, 7) is 1.52. The Kier molecular flexibility index (Phi) is 2.21. The zero-order valence-electron chi connectivity index (χ0n) is 6.00. The first-order chi connectivity index (χ1) is 4.70. The molecule has 1 atom stereocenters. The van der Waals surface area contributed by atoms with Gasteiger partial charge in [0.25, 0.3) is 0 Å². The van der Waals surface area contributed by atoms with Crippen molar-refractivity contribution in [1.82, 2.24) is 10.2 Å². The second kappa shape index (κ2) is 2.96. The van der Waals surface area contributed by atoms with E-state index in [1.54, 1.807) is 11.8 Å². The lowest BCUT2D eigenvalue weighted by atomic mass is 10.7. The summed E-state index contributed by atoms with van der Waals surface area (Å²) >= 11 is 1.59. The van der Waals surface area contributed by atoms with Gasteiger partial charge in [-0.3, -0.25) is 4.79 Å². The van der Waals surface area contributed by atoms with Crippen molar-refractivity contribution in [3.8, 4) is 0 Å². The molecule has 4 heteroatoms. The van der Waals surface area contributed by atoms with Crippen LogP contribution in [0.15, 0.2) is 11.6 Å².